The highest BCUT2D eigenvalue weighted by Crippen LogP contribution is 2.21. The summed E-state index contributed by atoms with van der Waals surface area (Å²) in [6.45, 7) is 2.13. The van der Waals surface area contributed by atoms with Crippen molar-refractivity contribution < 1.29 is 9.47 Å². The molecule has 2 N–H and O–H groups in total. The average molecular weight is 312 g/mol. The Hall–Kier alpha value is -3.09. The van der Waals surface area contributed by atoms with Crippen LogP contribution in [-0.4, -0.2) is 34.2 Å². The van der Waals surface area contributed by atoms with Crippen LogP contribution < -0.4 is 10.3 Å². The number of nitrogens with zero attached hydrogens (tertiary/aromatic N) is 2. The van der Waals surface area contributed by atoms with Crippen LogP contribution in [0.15, 0.2) is 41.2 Å². The van der Waals surface area contributed by atoms with Crippen LogP contribution in [0.3, 0.4) is 0 Å². The second kappa shape index (κ2) is 5.96. The molecule has 23 heavy (non-hydrogen) atoms. The fourth-order valence-electron chi connectivity index (χ4n) is 2.24. The average Bonchev–Trinajstić information content (AvgIpc) is 3.00. The molecular weight excluding hydrogens is 296 g/mol. The molecule has 0 aliphatic heterocycles. The molecule has 0 bridgehead atoms. The first-order chi connectivity index (χ1) is 11.1. The van der Waals surface area contributed by atoms with Crippen molar-refractivity contribution >= 4 is 11.5 Å². The first kappa shape index (κ1) is 14.8. The molecule has 3 aromatic rings. The van der Waals surface area contributed by atoms with Gasteiger partial charge < -0.3 is 9.47 Å². The van der Waals surface area contributed by atoms with Gasteiger partial charge in [-0.15, -0.1) is 0 Å². The minimum absolute atomic E-state index is 0.112. The van der Waals surface area contributed by atoms with Gasteiger partial charge in [0.2, 0.25) is 5.90 Å². The Morgan fingerprint density at radius 3 is 2.70 bits per heavy atom. The van der Waals surface area contributed by atoms with Crippen LogP contribution in [0.2, 0.25) is 0 Å². The summed E-state index contributed by atoms with van der Waals surface area (Å²) in [7, 11) is 1.61. The second-order valence-corrected chi connectivity index (χ2v) is 4.83. The van der Waals surface area contributed by atoms with E-state index in [9.17, 15) is 4.79 Å². The van der Waals surface area contributed by atoms with E-state index in [0.717, 1.165) is 17.0 Å². The number of benzene rings is 1. The standard InChI is InChI=1S/C16H16N4O3/c1-3-23-16(17)13-9-15(21)20-14(18-13)8-12(19-20)10-4-6-11(22-2)7-5-10/h4-9,17,19H,3H2,1-2H3. The lowest BCUT2D eigenvalue weighted by atomic mass is 10.1. The van der Waals surface area contributed by atoms with Crippen LogP contribution in [0.5, 0.6) is 5.75 Å². The number of H-pyrrole nitrogens is 1. The highest BCUT2D eigenvalue weighted by Gasteiger charge is 2.11. The molecule has 0 saturated heterocycles. The predicted octanol–water partition coefficient (Wildman–Crippen LogP) is 2.06. The monoisotopic (exact) mass is 312 g/mol. The van der Waals surface area contributed by atoms with Gasteiger partial charge in [0, 0.05) is 12.1 Å². The molecule has 118 valence electrons. The summed E-state index contributed by atoms with van der Waals surface area (Å²) in [6, 6.07) is 10.5. The molecule has 2 heterocycles. The minimum Gasteiger partial charge on any atom is -0.497 e. The molecule has 0 unspecified atom stereocenters. The summed E-state index contributed by atoms with van der Waals surface area (Å²) in [5.41, 5.74) is 2.00. The zero-order valence-electron chi connectivity index (χ0n) is 12.8. The van der Waals surface area contributed by atoms with Gasteiger partial charge in [0.25, 0.3) is 5.56 Å². The Morgan fingerprint density at radius 1 is 1.30 bits per heavy atom. The van der Waals surface area contributed by atoms with E-state index in [1.807, 2.05) is 24.3 Å². The third-order valence-corrected chi connectivity index (χ3v) is 3.37. The number of aromatic amines is 1. The highest BCUT2D eigenvalue weighted by molar-refractivity contribution is 5.90. The van der Waals surface area contributed by atoms with Gasteiger partial charge in [0.05, 0.1) is 19.4 Å². The van der Waals surface area contributed by atoms with Gasteiger partial charge in [-0.05, 0) is 36.8 Å². The fourth-order valence-corrected chi connectivity index (χ4v) is 2.24. The van der Waals surface area contributed by atoms with E-state index in [1.165, 1.54) is 10.6 Å². The molecule has 0 spiro atoms. The van der Waals surface area contributed by atoms with Crippen molar-refractivity contribution in [3.63, 3.8) is 0 Å². The van der Waals surface area contributed by atoms with Gasteiger partial charge in [-0.2, -0.15) is 0 Å². The summed E-state index contributed by atoms with van der Waals surface area (Å²) in [5.74, 6) is 0.645. The Labute approximate surface area is 132 Å². The molecule has 0 atom stereocenters. The smallest absolute Gasteiger partial charge is 0.273 e. The molecular formula is C16H16N4O3. The van der Waals surface area contributed by atoms with Gasteiger partial charge in [-0.3, -0.25) is 15.3 Å². The second-order valence-electron chi connectivity index (χ2n) is 4.83. The summed E-state index contributed by atoms with van der Waals surface area (Å²) < 4.78 is 11.6. The molecule has 0 fully saturated rings. The maximum absolute atomic E-state index is 12.2. The SMILES string of the molecule is CCOC(=N)c1cc(=O)n2[nH]c(-c3ccc(OC)cc3)cc2n1. The van der Waals surface area contributed by atoms with Gasteiger partial charge in [0.15, 0.2) is 5.65 Å². The van der Waals surface area contributed by atoms with Crippen molar-refractivity contribution in [2.24, 2.45) is 0 Å². The van der Waals surface area contributed by atoms with Crippen molar-refractivity contribution in [1.82, 2.24) is 14.6 Å². The lowest BCUT2D eigenvalue weighted by Gasteiger charge is -2.03. The normalized spacial score (nSPS) is 10.7. The first-order valence-electron chi connectivity index (χ1n) is 7.11. The molecule has 7 heteroatoms. The number of rotatable bonds is 4. The lowest BCUT2D eigenvalue weighted by Crippen LogP contribution is -2.18. The van der Waals surface area contributed by atoms with E-state index in [-0.39, 0.29) is 17.2 Å². The largest absolute Gasteiger partial charge is 0.497 e. The molecule has 0 saturated carbocycles. The van der Waals surface area contributed by atoms with Crippen LogP contribution in [0.1, 0.15) is 12.6 Å². The Morgan fingerprint density at radius 2 is 2.04 bits per heavy atom. The maximum Gasteiger partial charge on any atom is 0.273 e. The van der Waals surface area contributed by atoms with Crippen molar-refractivity contribution in [3.05, 3.63) is 52.4 Å². The third-order valence-electron chi connectivity index (χ3n) is 3.37. The quantitative estimate of drug-likeness (QED) is 0.569. The lowest BCUT2D eigenvalue weighted by molar-refractivity contribution is 0.324. The minimum atomic E-state index is -0.297. The topological polar surface area (TPSA) is 92.5 Å². The Kier molecular flexibility index (Phi) is 3.84. The van der Waals surface area contributed by atoms with Gasteiger partial charge >= 0.3 is 0 Å². The van der Waals surface area contributed by atoms with Gasteiger partial charge in [-0.25, -0.2) is 9.50 Å². The van der Waals surface area contributed by atoms with Crippen molar-refractivity contribution in [1.29, 1.82) is 5.41 Å². The van der Waals surface area contributed by atoms with Gasteiger partial charge in [0.1, 0.15) is 11.4 Å². The number of hydrogen-bond donors (Lipinski definition) is 2. The van der Waals surface area contributed by atoms with E-state index in [4.69, 9.17) is 14.9 Å². The van der Waals surface area contributed by atoms with Crippen molar-refractivity contribution in [2.45, 2.75) is 6.92 Å². The number of fused-ring (bicyclic) bond motifs is 1. The van der Waals surface area contributed by atoms with Crippen LogP contribution >= 0.6 is 0 Å². The van der Waals surface area contributed by atoms with Crippen LogP contribution in [-0.2, 0) is 4.74 Å². The zero-order valence-corrected chi connectivity index (χ0v) is 12.8. The first-order valence-corrected chi connectivity index (χ1v) is 7.11. The predicted molar refractivity (Wildman–Crippen MR) is 86.3 cm³/mol. The molecule has 0 amide bonds. The number of nitrogens with one attached hydrogen (secondary N) is 2. The van der Waals surface area contributed by atoms with E-state index >= 15 is 0 Å². The Balaban J connectivity index is 2.05. The molecule has 0 radical (unpaired) electrons. The zero-order chi connectivity index (χ0) is 16.4. The highest BCUT2D eigenvalue weighted by atomic mass is 16.5. The number of ether oxygens (including phenoxy) is 2. The third kappa shape index (κ3) is 2.80. The Bertz CT molecular complexity index is 909. The maximum atomic E-state index is 12.2. The number of aromatic nitrogens is 3. The molecule has 0 aliphatic rings. The molecule has 7 nitrogen and oxygen atoms in total. The van der Waals surface area contributed by atoms with Crippen LogP contribution in [0.4, 0.5) is 0 Å². The van der Waals surface area contributed by atoms with E-state index in [1.54, 1.807) is 20.1 Å². The van der Waals surface area contributed by atoms with E-state index in [0.29, 0.717) is 12.3 Å². The van der Waals surface area contributed by atoms with Crippen molar-refractivity contribution in [2.75, 3.05) is 13.7 Å². The molecule has 3 rings (SSSR count). The van der Waals surface area contributed by atoms with Crippen LogP contribution in [0, 0.1) is 5.41 Å². The van der Waals surface area contributed by atoms with E-state index < -0.39 is 0 Å². The number of methoxy groups -OCH3 is 1. The van der Waals surface area contributed by atoms with E-state index in [2.05, 4.69) is 10.1 Å². The summed E-state index contributed by atoms with van der Waals surface area (Å²) in [5, 5.41) is 10.8. The molecule has 2 aromatic heterocycles. The summed E-state index contributed by atoms with van der Waals surface area (Å²) in [4.78, 5) is 16.5. The molecule has 0 aliphatic carbocycles. The number of hydrogen-bond acceptors (Lipinski definition) is 5. The summed E-state index contributed by atoms with van der Waals surface area (Å²) in [6.07, 6.45) is 0. The summed E-state index contributed by atoms with van der Waals surface area (Å²) >= 11 is 0. The van der Waals surface area contributed by atoms with Crippen LogP contribution in [0.25, 0.3) is 16.9 Å². The van der Waals surface area contributed by atoms with Gasteiger partial charge in [-0.1, -0.05) is 0 Å². The molecule has 1 aromatic carbocycles. The fraction of sp³-hybridized carbons (Fsp3) is 0.188. The van der Waals surface area contributed by atoms with Crippen molar-refractivity contribution in [3.8, 4) is 17.0 Å².